The average molecular weight is 248 g/mol. The van der Waals surface area contributed by atoms with E-state index in [2.05, 4.69) is 0 Å². The van der Waals surface area contributed by atoms with Gasteiger partial charge in [-0.1, -0.05) is 36.4 Å². The zero-order chi connectivity index (χ0) is 13.1. The number of hydrogen-bond donors (Lipinski definition) is 0. The first-order valence-electron chi connectivity index (χ1n) is 6.08. The van der Waals surface area contributed by atoms with Gasteiger partial charge in [-0.15, -0.1) is 0 Å². The summed E-state index contributed by atoms with van der Waals surface area (Å²) >= 11 is 0. The van der Waals surface area contributed by atoms with Crippen LogP contribution in [0.15, 0.2) is 71.4 Å². The molecule has 3 aromatic rings. The van der Waals surface area contributed by atoms with E-state index in [1.807, 2.05) is 48.5 Å². The van der Waals surface area contributed by atoms with Gasteiger partial charge in [0.2, 0.25) is 0 Å². The van der Waals surface area contributed by atoms with Crippen molar-refractivity contribution in [2.75, 3.05) is 0 Å². The van der Waals surface area contributed by atoms with Gasteiger partial charge in [0.15, 0.2) is 5.78 Å². The SMILES string of the molecule is O=C(/C=C/c1ccco1)c1ccc2ccccc2c1. The van der Waals surface area contributed by atoms with Crippen molar-refractivity contribution in [2.24, 2.45) is 0 Å². The van der Waals surface area contributed by atoms with Crippen LogP contribution in [0.3, 0.4) is 0 Å². The summed E-state index contributed by atoms with van der Waals surface area (Å²) in [7, 11) is 0. The van der Waals surface area contributed by atoms with E-state index in [0.29, 0.717) is 11.3 Å². The summed E-state index contributed by atoms with van der Waals surface area (Å²) in [6.07, 6.45) is 4.79. The molecule has 0 aliphatic carbocycles. The Kier molecular flexibility index (Phi) is 2.99. The third-order valence-corrected chi connectivity index (χ3v) is 2.98. The van der Waals surface area contributed by atoms with Gasteiger partial charge in [-0.25, -0.2) is 0 Å². The molecule has 0 atom stereocenters. The Bertz CT molecular complexity index is 737. The lowest BCUT2D eigenvalue weighted by Crippen LogP contribution is -1.93. The van der Waals surface area contributed by atoms with Gasteiger partial charge in [-0.2, -0.15) is 0 Å². The van der Waals surface area contributed by atoms with Gasteiger partial charge in [0.25, 0.3) is 0 Å². The average Bonchev–Trinajstić information content (AvgIpc) is 2.97. The number of carbonyl (C=O) groups is 1. The molecule has 2 aromatic carbocycles. The van der Waals surface area contributed by atoms with Crippen LogP contribution in [-0.2, 0) is 0 Å². The number of furan rings is 1. The summed E-state index contributed by atoms with van der Waals surface area (Å²) in [5.74, 6) is 0.649. The molecule has 2 heteroatoms. The van der Waals surface area contributed by atoms with Crippen molar-refractivity contribution in [1.82, 2.24) is 0 Å². The Morgan fingerprint density at radius 1 is 0.947 bits per heavy atom. The Balaban J connectivity index is 1.89. The molecule has 0 bridgehead atoms. The molecule has 2 nitrogen and oxygen atoms in total. The molecule has 0 aliphatic rings. The van der Waals surface area contributed by atoms with Gasteiger partial charge in [-0.3, -0.25) is 4.79 Å². The highest BCUT2D eigenvalue weighted by Gasteiger charge is 2.03. The molecular weight excluding hydrogens is 236 g/mol. The number of carbonyl (C=O) groups excluding carboxylic acids is 1. The van der Waals surface area contributed by atoms with Crippen molar-refractivity contribution in [1.29, 1.82) is 0 Å². The molecule has 19 heavy (non-hydrogen) atoms. The predicted molar refractivity (Wildman–Crippen MR) is 76.0 cm³/mol. The maximum absolute atomic E-state index is 12.1. The van der Waals surface area contributed by atoms with Crippen molar-refractivity contribution in [3.8, 4) is 0 Å². The standard InChI is InChI=1S/C17H12O2/c18-17(10-9-16-6-3-11-19-16)15-8-7-13-4-1-2-5-14(13)12-15/h1-12H/b10-9+. The monoisotopic (exact) mass is 248 g/mol. The largest absolute Gasteiger partial charge is 0.465 e. The molecule has 92 valence electrons. The molecular formula is C17H12O2. The number of hydrogen-bond acceptors (Lipinski definition) is 2. The number of fused-ring (bicyclic) bond motifs is 1. The molecule has 0 unspecified atom stereocenters. The molecule has 0 saturated heterocycles. The van der Waals surface area contributed by atoms with Crippen LogP contribution in [0.4, 0.5) is 0 Å². The zero-order valence-corrected chi connectivity index (χ0v) is 10.2. The maximum Gasteiger partial charge on any atom is 0.185 e. The fourth-order valence-corrected chi connectivity index (χ4v) is 1.98. The third-order valence-electron chi connectivity index (χ3n) is 2.98. The molecule has 3 rings (SSSR count). The highest BCUT2D eigenvalue weighted by Crippen LogP contribution is 2.16. The van der Waals surface area contributed by atoms with Gasteiger partial charge in [-0.05, 0) is 41.1 Å². The van der Waals surface area contributed by atoms with Gasteiger partial charge in [0.05, 0.1) is 6.26 Å². The van der Waals surface area contributed by atoms with Crippen LogP contribution in [0.25, 0.3) is 16.8 Å². The van der Waals surface area contributed by atoms with Crippen molar-refractivity contribution in [3.05, 3.63) is 78.3 Å². The summed E-state index contributed by atoms with van der Waals surface area (Å²) in [5, 5.41) is 2.20. The lowest BCUT2D eigenvalue weighted by atomic mass is 10.0. The van der Waals surface area contributed by atoms with Gasteiger partial charge in [0.1, 0.15) is 5.76 Å². The van der Waals surface area contributed by atoms with E-state index in [9.17, 15) is 4.79 Å². The predicted octanol–water partition coefficient (Wildman–Crippen LogP) is 4.33. The first-order valence-corrected chi connectivity index (χ1v) is 6.08. The summed E-state index contributed by atoms with van der Waals surface area (Å²) in [5.41, 5.74) is 0.682. The van der Waals surface area contributed by atoms with Crippen LogP contribution in [0, 0.1) is 0 Å². The van der Waals surface area contributed by atoms with Gasteiger partial charge < -0.3 is 4.42 Å². The van der Waals surface area contributed by atoms with E-state index in [1.54, 1.807) is 18.4 Å². The second-order valence-corrected chi connectivity index (χ2v) is 4.27. The minimum Gasteiger partial charge on any atom is -0.465 e. The molecule has 0 radical (unpaired) electrons. The normalized spacial score (nSPS) is 11.2. The molecule has 0 aliphatic heterocycles. The summed E-state index contributed by atoms with van der Waals surface area (Å²) in [6.45, 7) is 0. The van der Waals surface area contributed by atoms with Crippen molar-refractivity contribution >= 4 is 22.6 Å². The second kappa shape index (κ2) is 4.94. The van der Waals surface area contributed by atoms with E-state index < -0.39 is 0 Å². The van der Waals surface area contributed by atoms with Crippen molar-refractivity contribution in [3.63, 3.8) is 0 Å². The van der Waals surface area contributed by atoms with Gasteiger partial charge in [0, 0.05) is 5.56 Å². The second-order valence-electron chi connectivity index (χ2n) is 4.27. The highest BCUT2D eigenvalue weighted by atomic mass is 16.3. The number of ketones is 1. The molecule has 0 N–H and O–H groups in total. The maximum atomic E-state index is 12.1. The lowest BCUT2D eigenvalue weighted by molar-refractivity contribution is 0.104. The van der Waals surface area contributed by atoms with Crippen LogP contribution in [0.5, 0.6) is 0 Å². The highest BCUT2D eigenvalue weighted by molar-refractivity contribution is 6.08. The Morgan fingerprint density at radius 2 is 1.79 bits per heavy atom. The molecule has 0 fully saturated rings. The van der Waals surface area contributed by atoms with Crippen molar-refractivity contribution < 1.29 is 9.21 Å². The van der Waals surface area contributed by atoms with E-state index in [-0.39, 0.29) is 5.78 Å². The van der Waals surface area contributed by atoms with Crippen LogP contribution in [0.1, 0.15) is 16.1 Å². The Morgan fingerprint density at radius 3 is 2.58 bits per heavy atom. The summed E-state index contributed by atoms with van der Waals surface area (Å²) in [6, 6.07) is 17.3. The van der Waals surface area contributed by atoms with Crippen LogP contribution < -0.4 is 0 Å². The molecule has 0 amide bonds. The fraction of sp³-hybridized carbons (Fsp3) is 0. The van der Waals surface area contributed by atoms with E-state index in [0.717, 1.165) is 10.8 Å². The number of rotatable bonds is 3. The van der Waals surface area contributed by atoms with Crippen LogP contribution >= 0.6 is 0 Å². The minimum atomic E-state index is -0.0258. The quantitative estimate of drug-likeness (QED) is 0.510. The molecule has 1 heterocycles. The molecule has 0 saturated carbocycles. The first-order chi connectivity index (χ1) is 9.33. The molecule has 0 spiro atoms. The minimum absolute atomic E-state index is 0.0258. The van der Waals surface area contributed by atoms with Crippen LogP contribution in [0.2, 0.25) is 0 Å². The fourth-order valence-electron chi connectivity index (χ4n) is 1.98. The summed E-state index contributed by atoms with van der Waals surface area (Å²) in [4.78, 5) is 12.1. The smallest absolute Gasteiger partial charge is 0.185 e. The van der Waals surface area contributed by atoms with E-state index in [4.69, 9.17) is 4.42 Å². The van der Waals surface area contributed by atoms with Gasteiger partial charge >= 0.3 is 0 Å². The van der Waals surface area contributed by atoms with E-state index in [1.165, 1.54) is 6.08 Å². The topological polar surface area (TPSA) is 30.2 Å². The molecule has 1 aromatic heterocycles. The van der Waals surface area contributed by atoms with E-state index >= 15 is 0 Å². The third kappa shape index (κ3) is 2.47. The van der Waals surface area contributed by atoms with Crippen LogP contribution in [-0.4, -0.2) is 5.78 Å². The number of allylic oxidation sites excluding steroid dienone is 1. The lowest BCUT2D eigenvalue weighted by Gasteiger charge is -2.00. The Labute approximate surface area is 111 Å². The number of benzene rings is 2. The Hall–Kier alpha value is -2.61. The summed E-state index contributed by atoms with van der Waals surface area (Å²) < 4.78 is 5.15. The zero-order valence-electron chi connectivity index (χ0n) is 10.2. The van der Waals surface area contributed by atoms with Crippen molar-refractivity contribution in [2.45, 2.75) is 0 Å². The first kappa shape index (κ1) is 11.5.